The SMILES string of the molecule is Cc1ccc(-n2ccc3cc(C(C)(C)C)ncc32)nc1. The van der Waals surface area contributed by atoms with E-state index in [9.17, 15) is 0 Å². The lowest BCUT2D eigenvalue weighted by atomic mass is 9.91. The largest absolute Gasteiger partial charge is 0.300 e. The number of rotatable bonds is 1. The fourth-order valence-electron chi connectivity index (χ4n) is 2.25. The molecule has 0 saturated carbocycles. The molecule has 0 saturated heterocycles. The number of hydrogen-bond acceptors (Lipinski definition) is 2. The van der Waals surface area contributed by atoms with Gasteiger partial charge >= 0.3 is 0 Å². The Kier molecular flexibility index (Phi) is 2.85. The highest BCUT2D eigenvalue weighted by Gasteiger charge is 2.16. The Morgan fingerprint density at radius 1 is 1.00 bits per heavy atom. The zero-order valence-electron chi connectivity index (χ0n) is 12.4. The van der Waals surface area contributed by atoms with Crippen molar-refractivity contribution in [3.05, 3.63) is 54.1 Å². The van der Waals surface area contributed by atoms with Gasteiger partial charge in [0, 0.05) is 28.9 Å². The van der Waals surface area contributed by atoms with Gasteiger partial charge in [-0.2, -0.15) is 0 Å². The van der Waals surface area contributed by atoms with E-state index < -0.39 is 0 Å². The number of nitrogens with zero attached hydrogens (tertiary/aromatic N) is 3. The molecule has 3 rings (SSSR count). The van der Waals surface area contributed by atoms with Crippen molar-refractivity contribution in [1.29, 1.82) is 0 Å². The van der Waals surface area contributed by atoms with Gasteiger partial charge in [-0.3, -0.25) is 9.55 Å². The molecule has 0 spiro atoms. The van der Waals surface area contributed by atoms with Gasteiger partial charge in [0.05, 0.1) is 11.7 Å². The molecule has 0 aromatic carbocycles. The van der Waals surface area contributed by atoms with Crippen LogP contribution in [0.4, 0.5) is 0 Å². The fourth-order valence-corrected chi connectivity index (χ4v) is 2.25. The van der Waals surface area contributed by atoms with Crippen molar-refractivity contribution in [2.24, 2.45) is 0 Å². The second-order valence-corrected chi connectivity index (χ2v) is 6.26. The van der Waals surface area contributed by atoms with E-state index in [1.807, 2.05) is 25.4 Å². The van der Waals surface area contributed by atoms with Crippen molar-refractivity contribution in [3.8, 4) is 5.82 Å². The first-order chi connectivity index (χ1) is 9.45. The summed E-state index contributed by atoms with van der Waals surface area (Å²) in [6, 6.07) is 8.39. The molecule has 0 amide bonds. The van der Waals surface area contributed by atoms with Crippen LogP contribution in [-0.2, 0) is 5.41 Å². The molecule has 0 fully saturated rings. The lowest BCUT2D eigenvalue weighted by molar-refractivity contribution is 0.570. The monoisotopic (exact) mass is 265 g/mol. The van der Waals surface area contributed by atoms with Crippen LogP contribution in [0.5, 0.6) is 0 Å². The maximum atomic E-state index is 4.61. The van der Waals surface area contributed by atoms with Crippen LogP contribution in [0.2, 0.25) is 0 Å². The van der Waals surface area contributed by atoms with E-state index in [1.54, 1.807) is 0 Å². The summed E-state index contributed by atoms with van der Waals surface area (Å²) in [4.78, 5) is 9.08. The Morgan fingerprint density at radius 3 is 2.45 bits per heavy atom. The van der Waals surface area contributed by atoms with Gasteiger partial charge in [-0.1, -0.05) is 26.8 Å². The molecule has 102 valence electrons. The van der Waals surface area contributed by atoms with Gasteiger partial charge < -0.3 is 0 Å². The minimum atomic E-state index is 0.0679. The van der Waals surface area contributed by atoms with E-state index in [4.69, 9.17) is 0 Å². The Bertz CT molecular complexity index is 746. The highest BCUT2D eigenvalue weighted by molar-refractivity contribution is 5.81. The van der Waals surface area contributed by atoms with E-state index in [-0.39, 0.29) is 5.41 Å². The fraction of sp³-hybridized carbons (Fsp3) is 0.294. The number of hydrogen-bond donors (Lipinski definition) is 0. The normalized spacial score (nSPS) is 12.0. The molecule has 0 aliphatic carbocycles. The van der Waals surface area contributed by atoms with Crippen LogP contribution in [0.15, 0.2) is 42.9 Å². The van der Waals surface area contributed by atoms with Crippen molar-refractivity contribution in [2.75, 3.05) is 0 Å². The van der Waals surface area contributed by atoms with Gasteiger partial charge in [-0.05, 0) is 30.7 Å². The van der Waals surface area contributed by atoms with E-state index in [0.29, 0.717) is 0 Å². The average molecular weight is 265 g/mol. The molecule has 0 aliphatic heterocycles. The van der Waals surface area contributed by atoms with Gasteiger partial charge in [0.2, 0.25) is 0 Å². The predicted octanol–water partition coefficient (Wildman–Crippen LogP) is 4.03. The van der Waals surface area contributed by atoms with Gasteiger partial charge in [0.1, 0.15) is 5.82 Å². The Balaban J connectivity index is 2.13. The molecule has 3 aromatic rings. The molecule has 0 atom stereocenters. The zero-order chi connectivity index (χ0) is 14.3. The quantitative estimate of drug-likeness (QED) is 0.665. The third-order valence-corrected chi connectivity index (χ3v) is 3.49. The van der Waals surface area contributed by atoms with E-state index in [0.717, 1.165) is 17.0 Å². The maximum absolute atomic E-state index is 4.61. The summed E-state index contributed by atoms with van der Waals surface area (Å²) < 4.78 is 2.08. The van der Waals surface area contributed by atoms with Crippen LogP contribution in [0, 0.1) is 6.92 Å². The van der Waals surface area contributed by atoms with Crippen molar-refractivity contribution in [1.82, 2.24) is 14.5 Å². The number of aromatic nitrogens is 3. The first-order valence-electron chi connectivity index (χ1n) is 6.86. The molecular weight excluding hydrogens is 246 g/mol. The van der Waals surface area contributed by atoms with Gasteiger partial charge in [-0.15, -0.1) is 0 Å². The minimum Gasteiger partial charge on any atom is -0.300 e. The number of pyridine rings is 2. The van der Waals surface area contributed by atoms with Crippen molar-refractivity contribution >= 4 is 10.9 Å². The Hall–Kier alpha value is -2.16. The van der Waals surface area contributed by atoms with Crippen LogP contribution in [0.3, 0.4) is 0 Å². The lowest BCUT2D eigenvalue weighted by Crippen LogP contribution is -2.13. The Labute approximate surface area is 119 Å². The molecule has 0 aliphatic rings. The second-order valence-electron chi connectivity index (χ2n) is 6.26. The average Bonchev–Trinajstić information content (AvgIpc) is 2.81. The third-order valence-electron chi connectivity index (χ3n) is 3.49. The van der Waals surface area contributed by atoms with E-state index >= 15 is 0 Å². The molecule has 3 heteroatoms. The topological polar surface area (TPSA) is 30.7 Å². The molecule has 3 heterocycles. The lowest BCUT2D eigenvalue weighted by Gasteiger charge is -2.17. The summed E-state index contributed by atoms with van der Waals surface area (Å²) in [5.74, 6) is 0.927. The standard InChI is InChI=1S/C17H19N3/c1-12-5-6-16(19-10-12)20-8-7-13-9-15(17(2,3)4)18-11-14(13)20/h5-11H,1-4H3. The summed E-state index contributed by atoms with van der Waals surface area (Å²) in [5, 5.41) is 1.20. The van der Waals surface area contributed by atoms with Gasteiger partial charge in [0.25, 0.3) is 0 Å². The molecule has 20 heavy (non-hydrogen) atoms. The first-order valence-corrected chi connectivity index (χ1v) is 6.86. The van der Waals surface area contributed by atoms with Crippen LogP contribution >= 0.6 is 0 Å². The summed E-state index contributed by atoms with van der Waals surface area (Å²) in [7, 11) is 0. The molecular formula is C17H19N3. The highest BCUT2D eigenvalue weighted by Crippen LogP contribution is 2.25. The highest BCUT2D eigenvalue weighted by atomic mass is 15.1. The summed E-state index contributed by atoms with van der Waals surface area (Å²) >= 11 is 0. The summed E-state index contributed by atoms with van der Waals surface area (Å²) in [6.45, 7) is 8.58. The molecule has 0 unspecified atom stereocenters. The molecule has 0 N–H and O–H groups in total. The smallest absolute Gasteiger partial charge is 0.137 e. The van der Waals surface area contributed by atoms with Gasteiger partial charge in [0.15, 0.2) is 0 Å². The summed E-state index contributed by atoms with van der Waals surface area (Å²) in [5.41, 5.74) is 3.44. The van der Waals surface area contributed by atoms with Crippen LogP contribution in [-0.4, -0.2) is 14.5 Å². The minimum absolute atomic E-state index is 0.0679. The van der Waals surface area contributed by atoms with Crippen LogP contribution in [0.25, 0.3) is 16.7 Å². The zero-order valence-corrected chi connectivity index (χ0v) is 12.4. The van der Waals surface area contributed by atoms with E-state index in [1.165, 1.54) is 10.9 Å². The molecule has 3 nitrogen and oxygen atoms in total. The van der Waals surface area contributed by atoms with E-state index in [2.05, 4.69) is 59.7 Å². The van der Waals surface area contributed by atoms with Crippen molar-refractivity contribution in [2.45, 2.75) is 33.1 Å². The molecule has 3 aromatic heterocycles. The first kappa shape index (κ1) is 12.9. The van der Waals surface area contributed by atoms with Crippen molar-refractivity contribution < 1.29 is 0 Å². The molecule has 0 bridgehead atoms. The summed E-state index contributed by atoms with van der Waals surface area (Å²) in [6.07, 6.45) is 5.88. The second kappa shape index (κ2) is 4.44. The maximum Gasteiger partial charge on any atom is 0.137 e. The van der Waals surface area contributed by atoms with Crippen molar-refractivity contribution in [3.63, 3.8) is 0 Å². The predicted molar refractivity (Wildman–Crippen MR) is 82.3 cm³/mol. The van der Waals surface area contributed by atoms with Crippen LogP contribution < -0.4 is 0 Å². The Morgan fingerprint density at radius 2 is 1.80 bits per heavy atom. The number of aryl methyl sites for hydroxylation is 1. The molecule has 0 radical (unpaired) electrons. The third kappa shape index (κ3) is 2.20. The van der Waals surface area contributed by atoms with Crippen LogP contribution in [0.1, 0.15) is 32.0 Å². The number of fused-ring (bicyclic) bond motifs is 1. The van der Waals surface area contributed by atoms with Gasteiger partial charge in [-0.25, -0.2) is 4.98 Å².